The van der Waals surface area contributed by atoms with Gasteiger partial charge in [-0.3, -0.25) is 4.79 Å². The van der Waals surface area contributed by atoms with Crippen LogP contribution in [0.5, 0.6) is 0 Å². The fraction of sp³-hybridized carbons (Fsp3) is 0.111. The summed E-state index contributed by atoms with van der Waals surface area (Å²) in [5.74, 6) is 0.102. The van der Waals surface area contributed by atoms with Crippen LogP contribution in [-0.4, -0.2) is 16.6 Å². The van der Waals surface area contributed by atoms with Crippen molar-refractivity contribution in [1.29, 1.82) is 0 Å². The number of thiazole rings is 1. The number of nitrogens with zero attached hydrogens (tertiary/aromatic N) is 1. The molecule has 0 saturated heterocycles. The number of aryl methyl sites for hydroxylation is 1. The molecule has 3 aromatic rings. The number of hydrogen-bond donors (Lipinski definition) is 1. The van der Waals surface area contributed by atoms with Crippen molar-refractivity contribution in [3.05, 3.63) is 63.5 Å². The molecule has 0 unspecified atom stereocenters. The van der Waals surface area contributed by atoms with E-state index in [4.69, 9.17) is 23.2 Å². The molecule has 3 nitrogen and oxygen atoms in total. The summed E-state index contributed by atoms with van der Waals surface area (Å²) in [5.41, 5.74) is 3.08. The summed E-state index contributed by atoms with van der Waals surface area (Å²) in [4.78, 5) is 17.4. The molecule has 0 aliphatic rings. The molecule has 128 valence electrons. The molecule has 0 radical (unpaired) electrons. The number of amides is 1. The second kappa shape index (κ2) is 8.23. The normalized spacial score (nSPS) is 10.7. The summed E-state index contributed by atoms with van der Waals surface area (Å²) in [6.07, 6.45) is 0. The van der Waals surface area contributed by atoms with E-state index in [1.54, 1.807) is 18.2 Å². The van der Waals surface area contributed by atoms with Crippen LogP contribution in [0.3, 0.4) is 0 Å². The second-order valence-electron chi connectivity index (χ2n) is 5.32. The van der Waals surface area contributed by atoms with E-state index in [0.29, 0.717) is 15.2 Å². The van der Waals surface area contributed by atoms with Gasteiger partial charge >= 0.3 is 0 Å². The number of anilines is 1. The zero-order valence-corrected chi connectivity index (χ0v) is 16.4. The van der Waals surface area contributed by atoms with Gasteiger partial charge in [-0.15, -0.1) is 23.1 Å². The molecule has 1 amide bonds. The van der Waals surface area contributed by atoms with E-state index in [2.05, 4.69) is 10.3 Å². The lowest BCUT2D eigenvalue weighted by molar-refractivity contribution is -0.113. The van der Waals surface area contributed by atoms with Crippen LogP contribution < -0.4 is 5.32 Å². The Hall–Kier alpha value is -1.53. The lowest BCUT2D eigenvalue weighted by Gasteiger charge is -2.05. The highest BCUT2D eigenvalue weighted by atomic mass is 35.5. The SMILES string of the molecule is Cc1ccc(-c2csc(NC(=O)CSc3cc(Cl)ccc3Cl)n2)cc1. The number of carbonyl (C=O) groups is 1. The van der Waals surface area contributed by atoms with Crippen molar-refractivity contribution >= 4 is 57.3 Å². The number of rotatable bonds is 5. The van der Waals surface area contributed by atoms with Gasteiger partial charge in [-0.25, -0.2) is 4.98 Å². The van der Waals surface area contributed by atoms with Crippen molar-refractivity contribution in [2.24, 2.45) is 0 Å². The third-order valence-corrected chi connectivity index (χ3v) is 5.84. The minimum absolute atomic E-state index is 0.133. The van der Waals surface area contributed by atoms with Crippen molar-refractivity contribution in [3.63, 3.8) is 0 Å². The fourth-order valence-electron chi connectivity index (χ4n) is 2.07. The van der Waals surface area contributed by atoms with Crippen LogP contribution in [-0.2, 0) is 4.79 Å². The number of hydrogen-bond acceptors (Lipinski definition) is 4. The second-order valence-corrected chi connectivity index (χ2v) is 8.03. The van der Waals surface area contributed by atoms with Gasteiger partial charge in [-0.2, -0.15) is 0 Å². The average Bonchev–Trinajstić information content (AvgIpc) is 3.05. The molecule has 7 heteroatoms. The minimum atomic E-state index is -0.133. The first kappa shape index (κ1) is 18.3. The summed E-state index contributed by atoms with van der Waals surface area (Å²) < 4.78 is 0. The van der Waals surface area contributed by atoms with E-state index in [9.17, 15) is 4.79 Å². The molecule has 1 aromatic heterocycles. The van der Waals surface area contributed by atoms with Gasteiger partial charge in [0.15, 0.2) is 5.13 Å². The highest BCUT2D eigenvalue weighted by molar-refractivity contribution is 8.00. The number of benzene rings is 2. The molecule has 0 aliphatic carbocycles. The van der Waals surface area contributed by atoms with Gasteiger partial charge in [-0.1, -0.05) is 53.0 Å². The van der Waals surface area contributed by atoms with Crippen LogP contribution in [0.1, 0.15) is 5.56 Å². The standard InChI is InChI=1S/C18H14Cl2N2OS2/c1-11-2-4-12(5-3-11)15-9-25-18(21-15)22-17(23)10-24-16-8-13(19)6-7-14(16)20/h2-9H,10H2,1H3,(H,21,22,23). The molecule has 0 aliphatic heterocycles. The van der Waals surface area contributed by atoms with Crippen molar-refractivity contribution in [2.75, 3.05) is 11.1 Å². The number of aromatic nitrogens is 1. The van der Waals surface area contributed by atoms with Crippen LogP contribution >= 0.6 is 46.3 Å². The average molecular weight is 409 g/mol. The van der Waals surface area contributed by atoms with Gasteiger partial charge in [-0.05, 0) is 25.1 Å². The third kappa shape index (κ3) is 4.98. The first-order valence-electron chi connectivity index (χ1n) is 7.41. The Morgan fingerprint density at radius 3 is 2.72 bits per heavy atom. The van der Waals surface area contributed by atoms with E-state index in [0.717, 1.165) is 16.2 Å². The summed E-state index contributed by atoms with van der Waals surface area (Å²) in [6, 6.07) is 13.3. The fourth-order valence-corrected chi connectivity index (χ4v) is 4.10. The number of thioether (sulfide) groups is 1. The zero-order valence-electron chi connectivity index (χ0n) is 13.3. The Bertz CT molecular complexity index is 894. The lowest BCUT2D eigenvalue weighted by Crippen LogP contribution is -2.13. The van der Waals surface area contributed by atoms with Crippen LogP contribution in [0.25, 0.3) is 11.3 Å². The van der Waals surface area contributed by atoms with Crippen molar-refractivity contribution in [3.8, 4) is 11.3 Å². The largest absolute Gasteiger partial charge is 0.301 e. The number of carbonyl (C=O) groups excluding carboxylic acids is 1. The highest BCUT2D eigenvalue weighted by Gasteiger charge is 2.10. The predicted molar refractivity (Wildman–Crippen MR) is 108 cm³/mol. The molecular weight excluding hydrogens is 395 g/mol. The van der Waals surface area contributed by atoms with Crippen molar-refractivity contribution < 1.29 is 4.79 Å². The minimum Gasteiger partial charge on any atom is -0.301 e. The Kier molecular flexibility index (Phi) is 6.02. The van der Waals surface area contributed by atoms with Crippen molar-refractivity contribution in [1.82, 2.24) is 4.98 Å². The first-order chi connectivity index (χ1) is 12.0. The monoisotopic (exact) mass is 408 g/mol. The Labute approximate surface area is 164 Å². The Balaban J connectivity index is 1.60. The molecule has 0 fully saturated rings. The Morgan fingerprint density at radius 1 is 1.20 bits per heavy atom. The smallest absolute Gasteiger partial charge is 0.236 e. The molecule has 0 bridgehead atoms. The molecule has 0 spiro atoms. The molecule has 0 saturated carbocycles. The predicted octanol–water partition coefficient (Wildman–Crippen LogP) is 6.16. The number of halogens is 2. The zero-order chi connectivity index (χ0) is 17.8. The third-order valence-electron chi connectivity index (χ3n) is 3.35. The summed E-state index contributed by atoms with van der Waals surface area (Å²) in [7, 11) is 0. The van der Waals surface area contributed by atoms with Crippen LogP contribution in [0.4, 0.5) is 5.13 Å². The topological polar surface area (TPSA) is 42.0 Å². The highest BCUT2D eigenvalue weighted by Crippen LogP contribution is 2.30. The van der Waals surface area contributed by atoms with E-state index in [1.165, 1.54) is 28.7 Å². The molecule has 0 atom stereocenters. The Morgan fingerprint density at radius 2 is 1.96 bits per heavy atom. The van der Waals surface area contributed by atoms with Crippen molar-refractivity contribution in [2.45, 2.75) is 11.8 Å². The lowest BCUT2D eigenvalue weighted by atomic mass is 10.1. The van der Waals surface area contributed by atoms with E-state index in [-0.39, 0.29) is 11.7 Å². The summed E-state index contributed by atoms with van der Waals surface area (Å²) in [6.45, 7) is 2.04. The van der Waals surface area contributed by atoms with Gasteiger partial charge in [0.2, 0.25) is 5.91 Å². The molecule has 3 rings (SSSR count). The van der Waals surface area contributed by atoms with E-state index >= 15 is 0 Å². The maximum absolute atomic E-state index is 12.1. The molecule has 25 heavy (non-hydrogen) atoms. The van der Waals surface area contributed by atoms with E-state index in [1.807, 2.05) is 36.6 Å². The molecule has 1 heterocycles. The van der Waals surface area contributed by atoms with Gasteiger partial charge in [0.25, 0.3) is 0 Å². The van der Waals surface area contributed by atoms with Gasteiger partial charge in [0.05, 0.1) is 16.5 Å². The molecular formula is C18H14Cl2N2OS2. The van der Waals surface area contributed by atoms with E-state index < -0.39 is 0 Å². The summed E-state index contributed by atoms with van der Waals surface area (Å²) in [5, 5.41) is 6.51. The quantitative estimate of drug-likeness (QED) is 0.514. The van der Waals surface area contributed by atoms with Gasteiger partial charge in [0, 0.05) is 20.9 Å². The van der Waals surface area contributed by atoms with Gasteiger partial charge < -0.3 is 5.32 Å². The van der Waals surface area contributed by atoms with Crippen LogP contribution in [0, 0.1) is 6.92 Å². The number of nitrogens with one attached hydrogen (secondary N) is 1. The summed E-state index contributed by atoms with van der Waals surface area (Å²) >= 11 is 14.8. The maximum Gasteiger partial charge on any atom is 0.236 e. The first-order valence-corrected chi connectivity index (χ1v) is 10.0. The molecule has 2 aromatic carbocycles. The molecule has 1 N–H and O–H groups in total. The van der Waals surface area contributed by atoms with Crippen LogP contribution in [0.15, 0.2) is 52.7 Å². The van der Waals surface area contributed by atoms with Gasteiger partial charge in [0.1, 0.15) is 0 Å². The van der Waals surface area contributed by atoms with Crippen LogP contribution in [0.2, 0.25) is 10.0 Å². The maximum atomic E-state index is 12.1.